The lowest BCUT2D eigenvalue weighted by Crippen LogP contribution is -2.41. The Balaban J connectivity index is 1.67. The standard InChI is InChI=1S/C32H38N2O6P2/c1-27(2)33(41(35,37-29-17-9-5-10-18-29)38-30-19-11-6-12-20-30)25-26-34(28(3)4)42(36,39-31-21-13-7-14-22-31)40-32-23-15-8-16-24-32/h5-24,27-28H,25-26H2,1-4H3. The third-order valence-corrected chi connectivity index (χ3v) is 10.6. The van der Waals surface area contributed by atoms with E-state index in [9.17, 15) is 9.13 Å². The van der Waals surface area contributed by atoms with E-state index in [0.717, 1.165) is 0 Å². The second-order valence-electron chi connectivity index (χ2n) is 10.1. The van der Waals surface area contributed by atoms with Gasteiger partial charge in [0.25, 0.3) is 0 Å². The van der Waals surface area contributed by atoms with Crippen LogP contribution in [0.3, 0.4) is 0 Å². The van der Waals surface area contributed by atoms with Crippen molar-refractivity contribution in [3.05, 3.63) is 121 Å². The lowest BCUT2D eigenvalue weighted by molar-refractivity contribution is 0.209. The third-order valence-electron chi connectivity index (χ3n) is 6.24. The number of rotatable bonds is 15. The summed E-state index contributed by atoms with van der Waals surface area (Å²) < 4.78 is 57.0. The van der Waals surface area contributed by atoms with E-state index in [2.05, 4.69) is 0 Å². The van der Waals surface area contributed by atoms with E-state index in [4.69, 9.17) is 18.1 Å². The summed E-state index contributed by atoms with van der Waals surface area (Å²) in [6, 6.07) is 35.2. The molecule has 4 aromatic rings. The van der Waals surface area contributed by atoms with Crippen LogP contribution in [0.15, 0.2) is 121 Å². The molecule has 0 spiro atoms. The quantitative estimate of drug-likeness (QED) is 0.124. The van der Waals surface area contributed by atoms with Gasteiger partial charge < -0.3 is 18.1 Å². The molecule has 0 heterocycles. The van der Waals surface area contributed by atoms with Gasteiger partial charge in [-0.15, -0.1) is 0 Å². The average Bonchev–Trinajstić information content (AvgIpc) is 2.96. The molecule has 0 aliphatic carbocycles. The minimum Gasteiger partial charge on any atom is -0.404 e. The molecule has 0 N–H and O–H groups in total. The molecule has 0 bridgehead atoms. The average molecular weight is 609 g/mol. The zero-order valence-corrected chi connectivity index (χ0v) is 26.1. The van der Waals surface area contributed by atoms with E-state index < -0.39 is 15.5 Å². The molecule has 0 saturated heterocycles. The van der Waals surface area contributed by atoms with Crippen LogP contribution in [0, 0.1) is 0 Å². The number of benzene rings is 4. The summed E-state index contributed by atoms with van der Waals surface area (Å²) in [6.07, 6.45) is 0. The van der Waals surface area contributed by atoms with Crippen LogP contribution in [0.5, 0.6) is 23.0 Å². The molecule has 4 aromatic carbocycles. The Hall–Kier alpha value is -3.54. The van der Waals surface area contributed by atoms with Crippen LogP contribution in [-0.2, 0) is 9.13 Å². The Morgan fingerprint density at radius 1 is 0.452 bits per heavy atom. The van der Waals surface area contributed by atoms with Gasteiger partial charge in [-0.2, -0.15) is 9.34 Å². The fraction of sp³-hybridized carbons (Fsp3) is 0.250. The molecule has 0 radical (unpaired) electrons. The smallest absolute Gasteiger partial charge is 0.404 e. The molecule has 0 saturated carbocycles. The highest BCUT2D eigenvalue weighted by Gasteiger charge is 2.43. The van der Waals surface area contributed by atoms with Crippen molar-refractivity contribution in [2.45, 2.75) is 39.8 Å². The molecule has 10 heteroatoms. The molecule has 0 aromatic heterocycles. The summed E-state index contributed by atoms with van der Waals surface area (Å²) in [5, 5.41) is 0. The van der Waals surface area contributed by atoms with E-state index in [1.807, 2.05) is 52.0 Å². The molecular weight excluding hydrogens is 570 g/mol. The summed E-state index contributed by atoms with van der Waals surface area (Å²) >= 11 is 0. The molecule has 4 rings (SSSR count). The van der Waals surface area contributed by atoms with Gasteiger partial charge in [-0.1, -0.05) is 72.8 Å². The van der Waals surface area contributed by atoms with Gasteiger partial charge >= 0.3 is 15.5 Å². The fourth-order valence-corrected chi connectivity index (χ4v) is 8.08. The van der Waals surface area contributed by atoms with Crippen molar-refractivity contribution in [2.24, 2.45) is 0 Å². The minimum atomic E-state index is -3.97. The second-order valence-corrected chi connectivity index (χ2v) is 13.7. The zero-order valence-electron chi connectivity index (χ0n) is 24.4. The van der Waals surface area contributed by atoms with Crippen LogP contribution < -0.4 is 18.1 Å². The minimum absolute atomic E-state index is 0.174. The number of para-hydroxylation sites is 4. The van der Waals surface area contributed by atoms with E-state index in [0.29, 0.717) is 23.0 Å². The van der Waals surface area contributed by atoms with Crippen molar-refractivity contribution < 1.29 is 27.2 Å². The number of nitrogens with zero attached hydrogens (tertiary/aromatic N) is 2. The van der Waals surface area contributed by atoms with Gasteiger partial charge in [0.2, 0.25) is 0 Å². The Morgan fingerprint density at radius 3 is 0.857 bits per heavy atom. The van der Waals surface area contributed by atoms with Gasteiger partial charge in [-0.25, -0.2) is 9.13 Å². The van der Waals surface area contributed by atoms with Crippen molar-refractivity contribution >= 4 is 15.5 Å². The highest BCUT2D eigenvalue weighted by molar-refractivity contribution is 7.52. The van der Waals surface area contributed by atoms with Gasteiger partial charge in [0.15, 0.2) is 0 Å². The van der Waals surface area contributed by atoms with E-state index in [-0.39, 0.29) is 25.2 Å². The third kappa shape index (κ3) is 8.50. The van der Waals surface area contributed by atoms with Crippen LogP contribution in [-0.4, -0.2) is 34.5 Å². The molecule has 222 valence electrons. The molecule has 0 fully saturated rings. The lowest BCUT2D eigenvalue weighted by atomic mass is 10.3. The fourth-order valence-electron chi connectivity index (χ4n) is 4.24. The summed E-state index contributed by atoms with van der Waals surface area (Å²) in [7, 11) is -7.93. The van der Waals surface area contributed by atoms with E-state index >= 15 is 0 Å². The maximum absolute atomic E-state index is 14.6. The molecule has 0 amide bonds. The van der Waals surface area contributed by atoms with Crippen molar-refractivity contribution in [3.8, 4) is 23.0 Å². The number of hydrogen-bond acceptors (Lipinski definition) is 6. The molecule has 8 nitrogen and oxygen atoms in total. The molecule has 0 atom stereocenters. The van der Waals surface area contributed by atoms with Crippen molar-refractivity contribution in [3.63, 3.8) is 0 Å². The summed E-state index contributed by atoms with van der Waals surface area (Å²) in [5.74, 6) is 1.64. The van der Waals surface area contributed by atoms with Crippen LogP contribution in [0.1, 0.15) is 27.7 Å². The van der Waals surface area contributed by atoms with Crippen molar-refractivity contribution in [2.75, 3.05) is 13.1 Å². The van der Waals surface area contributed by atoms with Crippen LogP contribution in [0.25, 0.3) is 0 Å². The van der Waals surface area contributed by atoms with Crippen molar-refractivity contribution in [1.82, 2.24) is 9.34 Å². The van der Waals surface area contributed by atoms with Crippen molar-refractivity contribution in [1.29, 1.82) is 0 Å². The normalized spacial score (nSPS) is 12.1. The first-order chi connectivity index (χ1) is 20.2. The first kappa shape index (κ1) is 31.4. The molecule has 0 unspecified atom stereocenters. The monoisotopic (exact) mass is 608 g/mol. The maximum atomic E-state index is 14.6. The van der Waals surface area contributed by atoms with Crippen LogP contribution in [0.2, 0.25) is 0 Å². The van der Waals surface area contributed by atoms with E-state index in [1.165, 1.54) is 0 Å². The Morgan fingerprint density at radius 2 is 0.667 bits per heavy atom. The van der Waals surface area contributed by atoms with E-state index in [1.54, 1.807) is 106 Å². The summed E-state index contributed by atoms with van der Waals surface area (Å²) in [4.78, 5) is 0. The summed E-state index contributed by atoms with van der Waals surface area (Å²) in [6.45, 7) is 8.00. The predicted molar refractivity (Wildman–Crippen MR) is 167 cm³/mol. The second kappa shape index (κ2) is 14.6. The van der Waals surface area contributed by atoms with Gasteiger partial charge in [-0.3, -0.25) is 0 Å². The Bertz CT molecular complexity index is 1250. The first-order valence-corrected chi connectivity index (χ1v) is 16.9. The van der Waals surface area contributed by atoms with Crippen LogP contribution >= 0.6 is 15.5 Å². The topological polar surface area (TPSA) is 77.5 Å². The van der Waals surface area contributed by atoms with Crippen LogP contribution in [0.4, 0.5) is 0 Å². The zero-order chi connectivity index (χ0) is 30.0. The molecular formula is C32H38N2O6P2. The lowest BCUT2D eigenvalue weighted by Gasteiger charge is -2.37. The molecule has 0 aliphatic heterocycles. The highest BCUT2D eigenvalue weighted by Crippen LogP contribution is 2.55. The van der Waals surface area contributed by atoms with Gasteiger partial charge in [-0.05, 0) is 76.2 Å². The molecule has 0 aliphatic rings. The largest absolute Gasteiger partial charge is 0.515 e. The van der Waals surface area contributed by atoms with Gasteiger partial charge in [0, 0.05) is 25.2 Å². The molecule has 42 heavy (non-hydrogen) atoms. The number of hydrogen-bond donors (Lipinski definition) is 0. The van der Waals surface area contributed by atoms with Gasteiger partial charge in [0.05, 0.1) is 0 Å². The van der Waals surface area contributed by atoms with Gasteiger partial charge in [0.1, 0.15) is 23.0 Å². The SMILES string of the molecule is CC(C)N(CCN(C(C)C)P(=O)(Oc1ccccc1)Oc1ccccc1)P(=O)(Oc1ccccc1)Oc1ccccc1. The maximum Gasteiger partial charge on any atom is 0.515 e. The predicted octanol–water partition coefficient (Wildman–Crippen LogP) is 8.94. The summed E-state index contributed by atoms with van der Waals surface area (Å²) in [5.41, 5.74) is 0. The Kier molecular flexibility index (Phi) is 10.9. The highest BCUT2D eigenvalue weighted by atomic mass is 31.2. The first-order valence-electron chi connectivity index (χ1n) is 13.9. The Labute approximate surface area is 249 Å².